The predicted molar refractivity (Wildman–Crippen MR) is 80.7 cm³/mol. The quantitative estimate of drug-likeness (QED) is 0.904. The molecule has 1 aromatic carbocycles. The average molecular weight is 338 g/mol. The average Bonchev–Trinajstić information content (AvgIpc) is 3.00. The van der Waals surface area contributed by atoms with Gasteiger partial charge in [-0.15, -0.1) is 0 Å². The number of anilines is 1. The summed E-state index contributed by atoms with van der Waals surface area (Å²) in [6, 6.07) is 4.03. The van der Waals surface area contributed by atoms with Crippen LogP contribution in [0.4, 0.5) is 5.82 Å². The van der Waals surface area contributed by atoms with Gasteiger partial charge in [-0.1, -0.05) is 0 Å². The standard InChI is InChI=1S/C14H16BrN3O2/c1-8-4-10-13(11(15)5-8)17-18-14(10)16-12(19)6-9-2-3-20-7-9/h4-5,9H,2-3,6-7H2,1H3,(H2,16,17,18,19). The van der Waals surface area contributed by atoms with Gasteiger partial charge in [0.15, 0.2) is 5.82 Å². The zero-order chi connectivity index (χ0) is 14.1. The molecule has 0 bridgehead atoms. The molecule has 1 atom stereocenters. The van der Waals surface area contributed by atoms with Crippen LogP contribution >= 0.6 is 15.9 Å². The number of amides is 1. The number of aromatic nitrogens is 2. The van der Waals surface area contributed by atoms with Crippen LogP contribution in [0.5, 0.6) is 0 Å². The maximum Gasteiger partial charge on any atom is 0.225 e. The Labute approximate surface area is 125 Å². The van der Waals surface area contributed by atoms with E-state index in [2.05, 4.69) is 31.4 Å². The summed E-state index contributed by atoms with van der Waals surface area (Å²) >= 11 is 3.50. The summed E-state index contributed by atoms with van der Waals surface area (Å²) in [5.41, 5.74) is 2.01. The molecule has 106 valence electrons. The number of aryl methyl sites for hydroxylation is 1. The van der Waals surface area contributed by atoms with E-state index in [0.29, 0.717) is 24.8 Å². The highest BCUT2D eigenvalue weighted by Gasteiger charge is 2.20. The summed E-state index contributed by atoms with van der Waals surface area (Å²) in [6.45, 7) is 3.45. The van der Waals surface area contributed by atoms with E-state index in [1.807, 2.05) is 19.1 Å². The Kier molecular flexibility index (Phi) is 3.76. The molecule has 3 rings (SSSR count). The third-order valence-corrected chi connectivity index (χ3v) is 4.15. The first-order valence-corrected chi connectivity index (χ1v) is 7.44. The number of H-pyrrole nitrogens is 1. The van der Waals surface area contributed by atoms with Crippen LogP contribution in [-0.4, -0.2) is 29.3 Å². The maximum absolute atomic E-state index is 12.0. The second kappa shape index (κ2) is 5.54. The lowest BCUT2D eigenvalue weighted by molar-refractivity contribution is -0.117. The van der Waals surface area contributed by atoms with E-state index in [9.17, 15) is 4.79 Å². The van der Waals surface area contributed by atoms with Gasteiger partial charge in [-0.25, -0.2) is 0 Å². The molecular weight excluding hydrogens is 322 g/mol. The fourth-order valence-corrected chi connectivity index (χ4v) is 3.16. The van der Waals surface area contributed by atoms with Crippen LogP contribution in [0.15, 0.2) is 16.6 Å². The minimum Gasteiger partial charge on any atom is -0.381 e. The Morgan fingerprint density at radius 2 is 2.45 bits per heavy atom. The molecule has 1 aliphatic heterocycles. The molecule has 1 saturated heterocycles. The smallest absolute Gasteiger partial charge is 0.225 e. The van der Waals surface area contributed by atoms with Crippen molar-refractivity contribution in [2.75, 3.05) is 18.5 Å². The van der Waals surface area contributed by atoms with Crippen LogP contribution in [0.2, 0.25) is 0 Å². The van der Waals surface area contributed by atoms with E-state index in [0.717, 1.165) is 34.0 Å². The van der Waals surface area contributed by atoms with Crippen molar-refractivity contribution in [3.8, 4) is 0 Å². The van der Waals surface area contributed by atoms with Crippen molar-refractivity contribution in [2.24, 2.45) is 5.92 Å². The fourth-order valence-electron chi connectivity index (χ4n) is 2.50. The lowest BCUT2D eigenvalue weighted by Gasteiger charge is -2.07. The van der Waals surface area contributed by atoms with E-state index >= 15 is 0 Å². The van der Waals surface area contributed by atoms with Gasteiger partial charge in [-0.2, -0.15) is 5.10 Å². The third-order valence-electron chi connectivity index (χ3n) is 3.53. The van der Waals surface area contributed by atoms with Crippen molar-refractivity contribution < 1.29 is 9.53 Å². The van der Waals surface area contributed by atoms with E-state index in [4.69, 9.17) is 4.74 Å². The number of rotatable bonds is 3. The Morgan fingerprint density at radius 1 is 1.60 bits per heavy atom. The Hall–Kier alpha value is -1.40. The molecule has 20 heavy (non-hydrogen) atoms. The maximum atomic E-state index is 12.0. The molecule has 2 N–H and O–H groups in total. The van der Waals surface area contributed by atoms with Crippen LogP contribution in [0, 0.1) is 12.8 Å². The number of nitrogens with zero attached hydrogens (tertiary/aromatic N) is 1. The zero-order valence-electron chi connectivity index (χ0n) is 11.2. The number of nitrogens with one attached hydrogen (secondary N) is 2. The van der Waals surface area contributed by atoms with Gasteiger partial charge in [0.05, 0.1) is 5.52 Å². The zero-order valence-corrected chi connectivity index (χ0v) is 12.8. The number of aromatic amines is 1. The molecule has 2 heterocycles. The van der Waals surface area contributed by atoms with E-state index in [1.54, 1.807) is 0 Å². The van der Waals surface area contributed by atoms with Gasteiger partial charge >= 0.3 is 0 Å². The van der Waals surface area contributed by atoms with Crippen molar-refractivity contribution in [2.45, 2.75) is 19.8 Å². The number of fused-ring (bicyclic) bond motifs is 1. The molecule has 1 aromatic heterocycles. The molecule has 0 saturated carbocycles. The molecule has 0 radical (unpaired) electrons. The van der Waals surface area contributed by atoms with Crippen LogP contribution in [0.1, 0.15) is 18.4 Å². The highest BCUT2D eigenvalue weighted by Crippen LogP contribution is 2.29. The van der Waals surface area contributed by atoms with Gasteiger partial charge in [0.1, 0.15) is 0 Å². The number of halogens is 1. The minimum absolute atomic E-state index is 0.00784. The second-order valence-electron chi connectivity index (χ2n) is 5.22. The van der Waals surface area contributed by atoms with E-state index in [1.165, 1.54) is 0 Å². The molecule has 2 aromatic rings. The topological polar surface area (TPSA) is 67.0 Å². The largest absolute Gasteiger partial charge is 0.381 e. The molecular formula is C14H16BrN3O2. The first-order valence-electron chi connectivity index (χ1n) is 6.65. The molecule has 0 spiro atoms. The predicted octanol–water partition coefficient (Wildman–Crippen LogP) is 3.00. The molecule has 6 heteroatoms. The Balaban J connectivity index is 1.78. The fraction of sp³-hybridized carbons (Fsp3) is 0.429. The Morgan fingerprint density at radius 3 is 3.20 bits per heavy atom. The van der Waals surface area contributed by atoms with Crippen LogP contribution in [0.3, 0.4) is 0 Å². The van der Waals surface area contributed by atoms with Crippen molar-refractivity contribution in [3.63, 3.8) is 0 Å². The molecule has 1 fully saturated rings. The molecule has 1 aliphatic rings. The number of hydrogen-bond donors (Lipinski definition) is 2. The SMILES string of the molecule is Cc1cc(Br)c2[nH]nc(NC(=O)CC3CCOC3)c2c1. The summed E-state index contributed by atoms with van der Waals surface area (Å²) in [7, 11) is 0. The highest BCUT2D eigenvalue weighted by atomic mass is 79.9. The van der Waals surface area contributed by atoms with Crippen molar-refractivity contribution >= 4 is 38.6 Å². The van der Waals surface area contributed by atoms with E-state index < -0.39 is 0 Å². The summed E-state index contributed by atoms with van der Waals surface area (Å²) in [4.78, 5) is 12.0. The van der Waals surface area contributed by atoms with Crippen molar-refractivity contribution in [1.82, 2.24) is 10.2 Å². The summed E-state index contributed by atoms with van der Waals surface area (Å²) in [5.74, 6) is 0.911. The van der Waals surface area contributed by atoms with Gasteiger partial charge in [-0.05, 0) is 52.9 Å². The third kappa shape index (κ3) is 2.71. The van der Waals surface area contributed by atoms with Crippen molar-refractivity contribution in [3.05, 3.63) is 22.2 Å². The molecule has 1 amide bonds. The monoisotopic (exact) mass is 337 g/mol. The van der Waals surface area contributed by atoms with Gasteiger partial charge in [0.25, 0.3) is 0 Å². The summed E-state index contributed by atoms with van der Waals surface area (Å²) in [5, 5.41) is 11.0. The van der Waals surface area contributed by atoms with Gasteiger partial charge < -0.3 is 10.1 Å². The summed E-state index contributed by atoms with van der Waals surface area (Å²) < 4.78 is 6.24. The highest BCUT2D eigenvalue weighted by molar-refractivity contribution is 9.10. The number of hydrogen-bond acceptors (Lipinski definition) is 3. The van der Waals surface area contributed by atoms with Gasteiger partial charge in [-0.3, -0.25) is 9.89 Å². The van der Waals surface area contributed by atoms with Crippen LogP contribution < -0.4 is 5.32 Å². The Bertz CT molecular complexity index is 647. The van der Waals surface area contributed by atoms with Crippen LogP contribution in [-0.2, 0) is 9.53 Å². The van der Waals surface area contributed by atoms with Gasteiger partial charge in [0, 0.05) is 29.5 Å². The number of carbonyl (C=O) groups excluding carboxylic acids is 1. The number of benzene rings is 1. The lowest BCUT2D eigenvalue weighted by Crippen LogP contribution is -2.17. The molecule has 5 nitrogen and oxygen atoms in total. The normalized spacial score (nSPS) is 18.6. The first kappa shape index (κ1) is 13.6. The minimum atomic E-state index is -0.00784. The number of carbonyl (C=O) groups is 1. The van der Waals surface area contributed by atoms with Gasteiger partial charge in [0.2, 0.25) is 5.91 Å². The lowest BCUT2D eigenvalue weighted by atomic mass is 10.0. The van der Waals surface area contributed by atoms with Crippen molar-refractivity contribution in [1.29, 1.82) is 0 Å². The molecule has 0 aliphatic carbocycles. The second-order valence-corrected chi connectivity index (χ2v) is 6.08. The van der Waals surface area contributed by atoms with E-state index in [-0.39, 0.29) is 5.91 Å². The first-order chi connectivity index (χ1) is 9.63. The molecule has 1 unspecified atom stereocenters. The number of ether oxygens (including phenoxy) is 1. The van der Waals surface area contributed by atoms with Crippen LogP contribution in [0.25, 0.3) is 10.9 Å². The summed E-state index contributed by atoms with van der Waals surface area (Å²) in [6.07, 6.45) is 1.45.